The summed E-state index contributed by atoms with van der Waals surface area (Å²) in [6.07, 6.45) is 0.669. The highest BCUT2D eigenvalue weighted by Gasteiger charge is 2.31. The topological polar surface area (TPSA) is 23.6 Å². The Morgan fingerprint density at radius 3 is 2.39 bits per heavy atom. The first-order chi connectivity index (χ1) is 8.19. The summed E-state index contributed by atoms with van der Waals surface area (Å²) in [5.41, 5.74) is 0.0690. The van der Waals surface area contributed by atoms with Gasteiger partial charge in [-0.2, -0.15) is 0 Å². The minimum absolute atomic E-state index is 0.0690. The molecule has 0 spiro atoms. The molecule has 3 heteroatoms. The van der Waals surface area contributed by atoms with Crippen LogP contribution in [0.15, 0.2) is 0 Å². The van der Waals surface area contributed by atoms with Gasteiger partial charge in [0.1, 0.15) is 0 Å². The van der Waals surface area contributed by atoms with Gasteiger partial charge < -0.3 is 9.80 Å². The van der Waals surface area contributed by atoms with Gasteiger partial charge in [0.25, 0.3) is 0 Å². The number of nitrogens with zero attached hydrogens (tertiary/aromatic N) is 2. The second kappa shape index (κ2) is 6.05. The number of rotatable bonds is 6. The van der Waals surface area contributed by atoms with Crippen molar-refractivity contribution < 1.29 is 4.79 Å². The zero-order valence-corrected chi connectivity index (χ0v) is 13.0. The van der Waals surface area contributed by atoms with E-state index in [0.29, 0.717) is 24.2 Å². The van der Waals surface area contributed by atoms with Crippen molar-refractivity contribution in [3.8, 4) is 0 Å². The first-order valence-electron chi connectivity index (χ1n) is 7.16. The first kappa shape index (κ1) is 15.5. The standard InChI is InChI=1S/C15H30N2O/c1-12(2)8-16(6)11-15(4,5)7-14(18)17-9-13(3)10-17/h12-13H,7-11H2,1-6H3. The van der Waals surface area contributed by atoms with Crippen LogP contribution in [0.25, 0.3) is 0 Å². The van der Waals surface area contributed by atoms with E-state index in [-0.39, 0.29) is 5.41 Å². The largest absolute Gasteiger partial charge is 0.342 e. The van der Waals surface area contributed by atoms with Crippen molar-refractivity contribution >= 4 is 5.91 Å². The van der Waals surface area contributed by atoms with Gasteiger partial charge in [0.2, 0.25) is 5.91 Å². The molecule has 3 nitrogen and oxygen atoms in total. The molecule has 0 unspecified atom stereocenters. The third-order valence-corrected chi connectivity index (χ3v) is 3.42. The Morgan fingerprint density at radius 2 is 1.94 bits per heavy atom. The summed E-state index contributed by atoms with van der Waals surface area (Å²) in [6, 6.07) is 0. The van der Waals surface area contributed by atoms with Crippen LogP contribution >= 0.6 is 0 Å². The highest BCUT2D eigenvalue weighted by Crippen LogP contribution is 2.25. The fourth-order valence-corrected chi connectivity index (χ4v) is 2.90. The van der Waals surface area contributed by atoms with Gasteiger partial charge in [0.15, 0.2) is 0 Å². The number of carbonyl (C=O) groups is 1. The molecule has 18 heavy (non-hydrogen) atoms. The third-order valence-electron chi connectivity index (χ3n) is 3.42. The minimum atomic E-state index is 0.0690. The Balaban J connectivity index is 2.36. The van der Waals surface area contributed by atoms with Gasteiger partial charge in [-0.15, -0.1) is 0 Å². The molecule has 1 rings (SSSR count). The summed E-state index contributed by atoms with van der Waals surface area (Å²) < 4.78 is 0. The highest BCUT2D eigenvalue weighted by atomic mass is 16.2. The Bertz CT molecular complexity index is 280. The molecule has 0 atom stereocenters. The van der Waals surface area contributed by atoms with E-state index in [2.05, 4.69) is 46.6 Å². The van der Waals surface area contributed by atoms with Crippen LogP contribution in [0.5, 0.6) is 0 Å². The number of hydrogen-bond donors (Lipinski definition) is 0. The van der Waals surface area contributed by atoms with Crippen LogP contribution in [-0.4, -0.2) is 48.9 Å². The third kappa shape index (κ3) is 4.97. The summed E-state index contributed by atoms with van der Waals surface area (Å²) >= 11 is 0. The predicted molar refractivity (Wildman–Crippen MR) is 76.5 cm³/mol. The number of carbonyl (C=O) groups excluding carboxylic acids is 1. The summed E-state index contributed by atoms with van der Waals surface area (Å²) in [6.45, 7) is 15.1. The lowest BCUT2D eigenvalue weighted by molar-refractivity contribution is -0.139. The maximum Gasteiger partial charge on any atom is 0.223 e. The van der Waals surface area contributed by atoms with Crippen molar-refractivity contribution in [3.05, 3.63) is 0 Å². The molecule has 1 fully saturated rings. The molecule has 0 aromatic heterocycles. The van der Waals surface area contributed by atoms with Gasteiger partial charge in [-0.25, -0.2) is 0 Å². The van der Waals surface area contributed by atoms with Gasteiger partial charge in [0, 0.05) is 32.6 Å². The van der Waals surface area contributed by atoms with E-state index in [4.69, 9.17) is 0 Å². The van der Waals surface area contributed by atoms with Crippen LogP contribution in [0.3, 0.4) is 0 Å². The summed E-state index contributed by atoms with van der Waals surface area (Å²) in [5, 5.41) is 0. The van der Waals surface area contributed by atoms with Gasteiger partial charge in [-0.05, 0) is 24.3 Å². The maximum atomic E-state index is 12.1. The van der Waals surface area contributed by atoms with E-state index < -0.39 is 0 Å². The summed E-state index contributed by atoms with van der Waals surface area (Å²) in [7, 11) is 2.15. The molecule has 1 amide bonds. The van der Waals surface area contributed by atoms with Crippen molar-refractivity contribution in [3.63, 3.8) is 0 Å². The van der Waals surface area contributed by atoms with Crippen LogP contribution in [-0.2, 0) is 4.79 Å². The van der Waals surface area contributed by atoms with Crippen molar-refractivity contribution in [2.45, 2.75) is 41.0 Å². The van der Waals surface area contributed by atoms with Crippen LogP contribution < -0.4 is 0 Å². The number of amides is 1. The van der Waals surface area contributed by atoms with E-state index >= 15 is 0 Å². The molecule has 0 aliphatic carbocycles. The predicted octanol–water partition coefficient (Wildman–Crippen LogP) is 2.47. The fourth-order valence-electron chi connectivity index (χ4n) is 2.90. The fraction of sp³-hybridized carbons (Fsp3) is 0.933. The minimum Gasteiger partial charge on any atom is -0.342 e. The van der Waals surface area contributed by atoms with Crippen LogP contribution in [0, 0.1) is 17.3 Å². The lowest BCUT2D eigenvalue weighted by Gasteiger charge is -2.40. The molecule has 1 aliphatic heterocycles. The van der Waals surface area contributed by atoms with E-state index in [1.54, 1.807) is 0 Å². The van der Waals surface area contributed by atoms with Gasteiger partial charge in [0.05, 0.1) is 0 Å². The quantitative estimate of drug-likeness (QED) is 0.727. The van der Waals surface area contributed by atoms with Gasteiger partial charge in [-0.3, -0.25) is 4.79 Å². The molecule has 0 aromatic rings. The van der Waals surface area contributed by atoms with E-state index in [9.17, 15) is 4.79 Å². The smallest absolute Gasteiger partial charge is 0.223 e. The van der Waals surface area contributed by atoms with Crippen molar-refractivity contribution in [2.24, 2.45) is 17.3 Å². The Kier molecular flexibility index (Phi) is 5.20. The molecule has 106 valence electrons. The molecular formula is C15H30N2O. The molecule has 0 aromatic carbocycles. The Hall–Kier alpha value is -0.570. The maximum absolute atomic E-state index is 12.1. The molecule has 1 saturated heterocycles. The zero-order valence-electron chi connectivity index (χ0n) is 13.0. The van der Waals surface area contributed by atoms with Crippen LogP contribution in [0.1, 0.15) is 41.0 Å². The normalized spacial score (nSPS) is 17.4. The molecule has 0 saturated carbocycles. The summed E-state index contributed by atoms with van der Waals surface area (Å²) in [4.78, 5) is 16.4. The van der Waals surface area contributed by atoms with Gasteiger partial charge >= 0.3 is 0 Å². The SMILES string of the molecule is CC(C)CN(C)CC(C)(C)CC(=O)N1CC(C)C1. The van der Waals surface area contributed by atoms with Crippen molar-refractivity contribution in [2.75, 3.05) is 33.2 Å². The lowest BCUT2D eigenvalue weighted by atomic mass is 9.87. The van der Waals surface area contributed by atoms with Crippen molar-refractivity contribution in [1.82, 2.24) is 9.80 Å². The van der Waals surface area contributed by atoms with Crippen LogP contribution in [0.4, 0.5) is 0 Å². The molecule has 1 aliphatic rings. The second-order valence-corrected chi connectivity index (χ2v) is 7.34. The zero-order chi connectivity index (χ0) is 13.9. The average Bonchev–Trinajstić information content (AvgIpc) is 2.08. The van der Waals surface area contributed by atoms with E-state index in [1.807, 2.05) is 4.90 Å². The van der Waals surface area contributed by atoms with Gasteiger partial charge in [-0.1, -0.05) is 34.6 Å². The number of hydrogen-bond acceptors (Lipinski definition) is 2. The van der Waals surface area contributed by atoms with E-state index in [1.165, 1.54) is 0 Å². The average molecular weight is 254 g/mol. The van der Waals surface area contributed by atoms with Crippen molar-refractivity contribution in [1.29, 1.82) is 0 Å². The molecule has 0 radical (unpaired) electrons. The second-order valence-electron chi connectivity index (χ2n) is 7.34. The monoisotopic (exact) mass is 254 g/mol. The molecule has 0 N–H and O–H groups in total. The lowest BCUT2D eigenvalue weighted by Crippen LogP contribution is -2.50. The molecule has 0 bridgehead atoms. The molecule has 1 heterocycles. The Labute approximate surface area is 113 Å². The molecular weight excluding hydrogens is 224 g/mol. The first-order valence-corrected chi connectivity index (χ1v) is 7.16. The van der Waals surface area contributed by atoms with E-state index in [0.717, 1.165) is 26.2 Å². The Morgan fingerprint density at radius 1 is 1.39 bits per heavy atom. The van der Waals surface area contributed by atoms with Crippen LogP contribution in [0.2, 0.25) is 0 Å². The number of likely N-dealkylation sites (tertiary alicyclic amines) is 1. The summed E-state index contributed by atoms with van der Waals surface area (Å²) in [5.74, 6) is 1.70. The highest BCUT2D eigenvalue weighted by molar-refractivity contribution is 5.77.